The number of rotatable bonds is 5. The molecule has 0 bridgehead atoms. The maximum Gasteiger partial charge on any atom is 0.0159 e. The Kier molecular flexibility index (Phi) is 8.78. The van der Waals surface area contributed by atoms with Crippen LogP contribution in [0.2, 0.25) is 0 Å². The van der Waals surface area contributed by atoms with Crippen LogP contribution in [0.3, 0.4) is 0 Å². The maximum absolute atomic E-state index is 2.51. The van der Waals surface area contributed by atoms with Gasteiger partial charge in [0.2, 0.25) is 0 Å². The smallest absolute Gasteiger partial charge is 0.0159 e. The van der Waals surface area contributed by atoms with Crippen molar-refractivity contribution in [2.75, 3.05) is 0 Å². The minimum atomic E-state index is -0.135. The van der Waals surface area contributed by atoms with E-state index in [-0.39, 0.29) is 10.8 Å². The number of fused-ring (bicyclic) bond motifs is 10. The molecule has 0 fully saturated rings. The van der Waals surface area contributed by atoms with Gasteiger partial charge in [-0.1, -0.05) is 246 Å². The molecule has 2 aliphatic rings. The van der Waals surface area contributed by atoms with E-state index < -0.39 is 0 Å². The Hall–Kier alpha value is -8.32. The highest BCUT2D eigenvalue weighted by atomic mass is 14.4. The second-order valence-electron chi connectivity index (χ2n) is 20.6. The van der Waals surface area contributed by atoms with Crippen LogP contribution in [-0.2, 0) is 10.8 Å². The standard InChI is InChI=1S/C70H50/c1-69(2)59-35-17-15-25-49(59)51-39-37-45(41-61(51)69)63-53-27-11-13-29-55(53)67(57-33-19-31-47(65(57)63)43-21-7-5-8-22-43)68-56-30-14-12-28-54(56)64(66-48(32-20-34-58(66)68)44-23-9-6-10-24-44)46-38-40-52-50-26-16-18-36-60(50)70(3,4)62(52)42-46/h5-42H,1-4H3. The lowest BCUT2D eigenvalue weighted by Gasteiger charge is -2.26. The van der Waals surface area contributed by atoms with Crippen molar-refractivity contribution >= 4 is 43.1 Å². The number of benzene rings is 12. The molecule has 14 rings (SSSR count). The first kappa shape index (κ1) is 40.7. The molecule has 0 amide bonds. The van der Waals surface area contributed by atoms with Crippen LogP contribution in [-0.4, -0.2) is 0 Å². The molecular weight excluding hydrogens is 841 g/mol. The van der Waals surface area contributed by atoms with E-state index in [4.69, 9.17) is 0 Å². The normalized spacial score (nSPS) is 13.9. The Morgan fingerprint density at radius 3 is 0.943 bits per heavy atom. The quantitative estimate of drug-likeness (QED) is 0.151. The summed E-state index contributed by atoms with van der Waals surface area (Å²) in [5.41, 5.74) is 23.1. The lowest BCUT2D eigenvalue weighted by molar-refractivity contribution is 0.660. The van der Waals surface area contributed by atoms with E-state index in [9.17, 15) is 0 Å². The molecule has 0 unspecified atom stereocenters. The molecule has 0 spiro atoms. The third-order valence-electron chi connectivity index (χ3n) is 16.3. The highest BCUT2D eigenvalue weighted by Crippen LogP contribution is 2.56. The zero-order valence-electron chi connectivity index (χ0n) is 39.9. The van der Waals surface area contributed by atoms with Crippen molar-refractivity contribution in [2.45, 2.75) is 38.5 Å². The fourth-order valence-corrected chi connectivity index (χ4v) is 13.0. The van der Waals surface area contributed by atoms with E-state index in [0.717, 1.165) is 0 Å². The van der Waals surface area contributed by atoms with E-state index in [1.165, 1.54) is 143 Å². The van der Waals surface area contributed by atoms with Crippen LogP contribution in [0.5, 0.6) is 0 Å². The lowest BCUT2D eigenvalue weighted by Crippen LogP contribution is -2.14. The molecule has 330 valence electrons. The predicted octanol–water partition coefficient (Wildman–Crippen LogP) is 19.2. The molecule has 0 heterocycles. The molecule has 0 nitrogen and oxygen atoms in total. The van der Waals surface area contributed by atoms with Gasteiger partial charge in [-0.3, -0.25) is 0 Å². The monoisotopic (exact) mass is 890 g/mol. The van der Waals surface area contributed by atoms with Gasteiger partial charge in [0.25, 0.3) is 0 Å². The van der Waals surface area contributed by atoms with Crippen LogP contribution in [0.15, 0.2) is 231 Å². The molecule has 70 heavy (non-hydrogen) atoms. The van der Waals surface area contributed by atoms with Gasteiger partial charge in [-0.05, 0) is 155 Å². The van der Waals surface area contributed by atoms with Crippen LogP contribution < -0.4 is 0 Å². The molecule has 12 aromatic rings. The second-order valence-corrected chi connectivity index (χ2v) is 20.6. The summed E-state index contributed by atoms with van der Waals surface area (Å²) in [6, 6.07) is 87.1. The Bertz CT molecular complexity index is 3880. The Morgan fingerprint density at radius 2 is 0.529 bits per heavy atom. The molecule has 12 aromatic carbocycles. The maximum atomic E-state index is 2.51. The third kappa shape index (κ3) is 5.71. The first-order chi connectivity index (χ1) is 34.3. The second kappa shape index (κ2) is 15.1. The van der Waals surface area contributed by atoms with Gasteiger partial charge in [-0.25, -0.2) is 0 Å². The molecule has 0 aliphatic heterocycles. The van der Waals surface area contributed by atoms with Gasteiger partial charge < -0.3 is 0 Å². The summed E-state index contributed by atoms with van der Waals surface area (Å²) in [6.45, 7) is 9.56. The summed E-state index contributed by atoms with van der Waals surface area (Å²) in [6.07, 6.45) is 0. The van der Waals surface area contributed by atoms with Crippen LogP contribution in [0.4, 0.5) is 0 Å². The highest BCUT2D eigenvalue weighted by molar-refractivity contribution is 6.32. The van der Waals surface area contributed by atoms with Crippen LogP contribution >= 0.6 is 0 Å². The van der Waals surface area contributed by atoms with E-state index in [0.29, 0.717) is 0 Å². The predicted molar refractivity (Wildman–Crippen MR) is 299 cm³/mol. The molecular formula is C70H50. The zero-order chi connectivity index (χ0) is 46.9. The van der Waals surface area contributed by atoms with Crippen LogP contribution in [0.25, 0.3) is 121 Å². The molecule has 0 radical (unpaired) electrons. The summed E-state index contributed by atoms with van der Waals surface area (Å²) >= 11 is 0. The lowest BCUT2D eigenvalue weighted by atomic mass is 9.77. The molecule has 0 saturated heterocycles. The van der Waals surface area contributed by atoms with Gasteiger partial charge in [0.15, 0.2) is 0 Å². The van der Waals surface area contributed by atoms with E-state index in [2.05, 4.69) is 258 Å². The molecule has 0 atom stereocenters. The van der Waals surface area contributed by atoms with E-state index in [1.54, 1.807) is 0 Å². The first-order valence-corrected chi connectivity index (χ1v) is 24.8. The SMILES string of the molecule is CC1(C)c2ccccc2-c2ccc(-c3c4ccccc4c(-c4c5ccccc5c(-c5ccc6c(c5)C(C)(C)c5ccccc5-6)c5c(-c6ccccc6)cccc45)c4cccc(-c5ccccc5)c34)cc21. The first-order valence-electron chi connectivity index (χ1n) is 24.8. The third-order valence-corrected chi connectivity index (χ3v) is 16.3. The van der Waals surface area contributed by atoms with Crippen molar-refractivity contribution in [2.24, 2.45) is 0 Å². The largest absolute Gasteiger partial charge is 0.0622 e. The van der Waals surface area contributed by atoms with Gasteiger partial charge in [0, 0.05) is 10.8 Å². The van der Waals surface area contributed by atoms with Gasteiger partial charge in [0.1, 0.15) is 0 Å². The van der Waals surface area contributed by atoms with Gasteiger partial charge in [-0.2, -0.15) is 0 Å². The van der Waals surface area contributed by atoms with Crippen LogP contribution in [0.1, 0.15) is 49.9 Å². The zero-order valence-corrected chi connectivity index (χ0v) is 39.9. The minimum absolute atomic E-state index is 0.135. The average molecular weight is 891 g/mol. The summed E-state index contributed by atoms with van der Waals surface area (Å²) in [5.74, 6) is 0. The van der Waals surface area contributed by atoms with Crippen molar-refractivity contribution in [3.8, 4) is 77.9 Å². The molecule has 0 heteroatoms. The topological polar surface area (TPSA) is 0 Å². The molecule has 0 N–H and O–H groups in total. The van der Waals surface area contributed by atoms with Gasteiger partial charge >= 0.3 is 0 Å². The molecule has 0 saturated carbocycles. The fraction of sp³-hybridized carbons (Fsp3) is 0.0857. The van der Waals surface area contributed by atoms with Crippen molar-refractivity contribution in [1.29, 1.82) is 0 Å². The summed E-state index contributed by atoms with van der Waals surface area (Å²) in [4.78, 5) is 0. The summed E-state index contributed by atoms with van der Waals surface area (Å²) in [7, 11) is 0. The summed E-state index contributed by atoms with van der Waals surface area (Å²) in [5, 5.41) is 10.1. The van der Waals surface area contributed by atoms with Crippen molar-refractivity contribution in [3.63, 3.8) is 0 Å². The molecule has 0 aromatic heterocycles. The Balaban J connectivity index is 1.13. The molecule has 2 aliphatic carbocycles. The van der Waals surface area contributed by atoms with Crippen molar-refractivity contribution < 1.29 is 0 Å². The highest BCUT2D eigenvalue weighted by Gasteiger charge is 2.37. The van der Waals surface area contributed by atoms with E-state index in [1.807, 2.05) is 0 Å². The average Bonchev–Trinajstić information content (AvgIpc) is 3.78. The van der Waals surface area contributed by atoms with Gasteiger partial charge in [-0.15, -0.1) is 0 Å². The summed E-state index contributed by atoms with van der Waals surface area (Å²) < 4.78 is 0. The Labute approximate surface area is 410 Å². The minimum Gasteiger partial charge on any atom is -0.0622 e. The fourth-order valence-electron chi connectivity index (χ4n) is 13.0. The van der Waals surface area contributed by atoms with E-state index >= 15 is 0 Å². The number of hydrogen-bond acceptors (Lipinski definition) is 0. The van der Waals surface area contributed by atoms with Crippen molar-refractivity contribution in [1.82, 2.24) is 0 Å². The van der Waals surface area contributed by atoms with Crippen molar-refractivity contribution in [3.05, 3.63) is 253 Å². The number of hydrogen-bond donors (Lipinski definition) is 0. The van der Waals surface area contributed by atoms with Gasteiger partial charge in [0.05, 0.1) is 0 Å². The Morgan fingerprint density at radius 1 is 0.214 bits per heavy atom. The van der Waals surface area contributed by atoms with Crippen LogP contribution in [0, 0.1) is 0 Å².